The van der Waals surface area contributed by atoms with Crippen molar-refractivity contribution in [1.29, 1.82) is 0 Å². The van der Waals surface area contributed by atoms with Crippen LogP contribution in [0.25, 0.3) is 22.3 Å². The molecular formula is C30H38N6O3. The number of anilines is 2. The van der Waals surface area contributed by atoms with E-state index >= 15 is 0 Å². The van der Waals surface area contributed by atoms with Gasteiger partial charge in [-0.05, 0) is 45.0 Å². The van der Waals surface area contributed by atoms with Crippen molar-refractivity contribution in [3.05, 3.63) is 59.3 Å². The molecule has 39 heavy (non-hydrogen) atoms. The zero-order valence-electron chi connectivity index (χ0n) is 23.8. The number of nitrogens with one attached hydrogen (secondary N) is 4. The number of benzene rings is 2. The van der Waals surface area contributed by atoms with Crippen molar-refractivity contribution >= 4 is 28.6 Å². The number of methoxy groups -OCH3 is 2. The average Bonchev–Trinajstić information content (AvgIpc) is 3.37. The third-order valence-corrected chi connectivity index (χ3v) is 6.22. The molecule has 0 radical (unpaired) electrons. The Kier molecular flexibility index (Phi) is 8.28. The zero-order chi connectivity index (χ0) is 28.2. The minimum atomic E-state index is -0.241. The van der Waals surface area contributed by atoms with Gasteiger partial charge in [0.15, 0.2) is 11.6 Å². The lowest BCUT2D eigenvalue weighted by molar-refractivity contribution is 0.0946. The van der Waals surface area contributed by atoms with Crippen molar-refractivity contribution in [2.75, 3.05) is 31.4 Å². The van der Waals surface area contributed by atoms with Gasteiger partial charge < -0.3 is 30.4 Å². The topological polar surface area (TPSA) is 113 Å². The third-order valence-electron chi connectivity index (χ3n) is 6.22. The largest absolute Gasteiger partial charge is 0.497 e. The highest BCUT2D eigenvalue weighted by Gasteiger charge is 2.22. The number of rotatable bonds is 7. The van der Waals surface area contributed by atoms with Gasteiger partial charge in [-0.1, -0.05) is 26.0 Å². The fraction of sp³-hybridized carbons (Fsp3) is 0.367. The molecule has 1 aliphatic heterocycles. The highest BCUT2D eigenvalue weighted by molar-refractivity contribution is 6.00. The summed E-state index contributed by atoms with van der Waals surface area (Å²) in [6.07, 6.45) is 0.775. The number of carbonyl (C=O) groups is 1. The second-order valence-corrected chi connectivity index (χ2v) is 10.1. The van der Waals surface area contributed by atoms with Gasteiger partial charge in [0.25, 0.3) is 5.91 Å². The van der Waals surface area contributed by atoms with Gasteiger partial charge in [-0.2, -0.15) is 0 Å². The van der Waals surface area contributed by atoms with E-state index in [4.69, 9.17) is 19.4 Å². The maximum absolute atomic E-state index is 12.3. The molecule has 9 heteroatoms. The molecule has 9 nitrogen and oxygen atoms in total. The molecule has 0 fully saturated rings. The van der Waals surface area contributed by atoms with Gasteiger partial charge in [-0.15, -0.1) is 0 Å². The number of carbonyl (C=O) groups excluding carboxylic acids is 1. The Morgan fingerprint density at radius 1 is 0.974 bits per heavy atom. The normalized spacial score (nSPS) is 12.6. The Labute approximate surface area is 229 Å². The molecule has 3 heterocycles. The number of aromatic amines is 1. The Balaban J connectivity index is 0.00000172. The van der Waals surface area contributed by atoms with Crippen molar-refractivity contribution in [2.24, 2.45) is 0 Å². The van der Waals surface area contributed by atoms with Crippen LogP contribution < -0.4 is 25.4 Å². The minimum Gasteiger partial charge on any atom is -0.497 e. The monoisotopic (exact) mass is 530 g/mol. The van der Waals surface area contributed by atoms with Crippen LogP contribution in [0.3, 0.4) is 0 Å². The van der Waals surface area contributed by atoms with Crippen molar-refractivity contribution in [3.63, 3.8) is 0 Å². The molecule has 4 aromatic rings. The molecule has 0 spiro atoms. The fourth-order valence-electron chi connectivity index (χ4n) is 4.48. The van der Waals surface area contributed by atoms with Crippen LogP contribution in [0.5, 0.6) is 11.5 Å². The lowest BCUT2D eigenvalue weighted by atomic mass is 10.1. The van der Waals surface area contributed by atoms with Gasteiger partial charge in [0.2, 0.25) is 0 Å². The summed E-state index contributed by atoms with van der Waals surface area (Å²) < 4.78 is 10.9. The van der Waals surface area contributed by atoms with E-state index in [1.807, 2.05) is 56.3 Å². The Bertz CT molecular complexity index is 1470. The van der Waals surface area contributed by atoms with E-state index in [9.17, 15) is 4.79 Å². The van der Waals surface area contributed by atoms with Crippen LogP contribution in [0.1, 0.15) is 56.2 Å². The van der Waals surface area contributed by atoms with Crippen LogP contribution in [0.2, 0.25) is 0 Å². The van der Waals surface area contributed by atoms with E-state index in [2.05, 4.69) is 41.7 Å². The Hall–Kier alpha value is -4.27. The number of nitrogens with zero attached hydrogens (tertiary/aromatic N) is 2. The average molecular weight is 531 g/mol. The summed E-state index contributed by atoms with van der Waals surface area (Å²) in [6.45, 7) is 11.4. The number of fused-ring (bicyclic) bond motifs is 2. The standard InChI is InChI=1S/C28H32N6O3.C2H6/c1-28(2,3)34-26-25(30-15-16-9-10-17(36-4)13-23(16)37-5)32-21-8-6-7-18(24(21)33-26)22-14-19-20(31-22)11-12-29-27(19)35;1-2/h6-10,13-14,31H,11-12,15H2,1-5H3,(H,29,35)(H,30,32)(H,33,34);1-2H3. The molecule has 0 atom stereocenters. The molecule has 2 aromatic carbocycles. The van der Waals surface area contributed by atoms with Crippen LogP contribution in [-0.2, 0) is 13.0 Å². The van der Waals surface area contributed by atoms with E-state index in [1.165, 1.54) is 0 Å². The summed E-state index contributed by atoms with van der Waals surface area (Å²) in [4.78, 5) is 25.7. The van der Waals surface area contributed by atoms with E-state index in [0.29, 0.717) is 30.3 Å². The summed E-state index contributed by atoms with van der Waals surface area (Å²) in [7, 11) is 3.28. The molecule has 0 saturated carbocycles. The first-order chi connectivity index (χ1) is 18.8. The van der Waals surface area contributed by atoms with E-state index in [0.717, 1.165) is 51.5 Å². The molecule has 5 rings (SSSR count). The number of aromatic nitrogens is 3. The number of ether oxygens (including phenoxy) is 2. The van der Waals surface area contributed by atoms with Crippen LogP contribution in [0.15, 0.2) is 42.5 Å². The SMILES string of the molecule is CC.COc1ccc(CNc2nc3cccc(-c4cc5c([nH]4)CCNC5=O)c3nc2NC(C)(C)C)c(OC)c1. The summed E-state index contributed by atoms with van der Waals surface area (Å²) in [5.74, 6) is 2.70. The quantitative estimate of drug-likeness (QED) is 0.240. The predicted molar refractivity (Wildman–Crippen MR) is 157 cm³/mol. The number of amides is 1. The molecule has 4 N–H and O–H groups in total. The van der Waals surface area contributed by atoms with Crippen molar-refractivity contribution in [2.45, 2.75) is 53.1 Å². The molecular weight excluding hydrogens is 492 g/mol. The predicted octanol–water partition coefficient (Wildman–Crippen LogP) is 5.78. The molecule has 1 aliphatic rings. The summed E-state index contributed by atoms with van der Waals surface area (Å²) in [5, 5.41) is 9.85. The van der Waals surface area contributed by atoms with Crippen molar-refractivity contribution < 1.29 is 14.3 Å². The van der Waals surface area contributed by atoms with E-state index in [1.54, 1.807) is 14.2 Å². The lowest BCUT2D eigenvalue weighted by Gasteiger charge is -2.24. The van der Waals surface area contributed by atoms with Crippen LogP contribution in [0.4, 0.5) is 11.6 Å². The smallest absolute Gasteiger partial charge is 0.253 e. The summed E-state index contributed by atoms with van der Waals surface area (Å²) in [5.41, 5.74) is 5.61. The highest BCUT2D eigenvalue weighted by Crippen LogP contribution is 2.33. The second kappa shape index (κ2) is 11.6. The lowest BCUT2D eigenvalue weighted by Crippen LogP contribution is -2.31. The molecule has 206 valence electrons. The summed E-state index contributed by atoms with van der Waals surface area (Å²) in [6, 6.07) is 13.5. The van der Waals surface area contributed by atoms with Crippen LogP contribution in [-0.4, -0.2) is 47.2 Å². The molecule has 0 bridgehead atoms. The number of para-hydroxylation sites is 1. The zero-order valence-corrected chi connectivity index (χ0v) is 23.8. The van der Waals surface area contributed by atoms with E-state index < -0.39 is 0 Å². The van der Waals surface area contributed by atoms with Crippen molar-refractivity contribution in [1.82, 2.24) is 20.3 Å². The summed E-state index contributed by atoms with van der Waals surface area (Å²) >= 11 is 0. The van der Waals surface area contributed by atoms with Gasteiger partial charge in [-0.25, -0.2) is 9.97 Å². The molecule has 0 saturated heterocycles. The molecule has 1 amide bonds. The van der Waals surface area contributed by atoms with Gasteiger partial charge in [0.1, 0.15) is 17.0 Å². The first-order valence-electron chi connectivity index (χ1n) is 13.3. The Morgan fingerprint density at radius 3 is 2.46 bits per heavy atom. The molecule has 2 aromatic heterocycles. The first kappa shape index (κ1) is 27.8. The third kappa shape index (κ3) is 6.08. The maximum atomic E-state index is 12.3. The van der Waals surface area contributed by atoms with Gasteiger partial charge in [0.05, 0.1) is 25.3 Å². The molecule has 0 unspecified atom stereocenters. The second-order valence-electron chi connectivity index (χ2n) is 10.1. The fourth-order valence-corrected chi connectivity index (χ4v) is 4.48. The van der Waals surface area contributed by atoms with Crippen LogP contribution in [0, 0.1) is 0 Å². The van der Waals surface area contributed by atoms with Gasteiger partial charge in [-0.3, -0.25) is 4.79 Å². The van der Waals surface area contributed by atoms with Gasteiger partial charge in [0, 0.05) is 53.6 Å². The maximum Gasteiger partial charge on any atom is 0.253 e. The number of H-pyrrole nitrogens is 1. The van der Waals surface area contributed by atoms with Gasteiger partial charge >= 0.3 is 0 Å². The van der Waals surface area contributed by atoms with Crippen molar-refractivity contribution in [3.8, 4) is 22.8 Å². The Morgan fingerprint density at radius 2 is 1.77 bits per heavy atom. The number of hydrogen-bond donors (Lipinski definition) is 4. The highest BCUT2D eigenvalue weighted by atomic mass is 16.5. The minimum absolute atomic E-state index is 0.0504. The van der Waals surface area contributed by atoms with E-state index in [-0.39, 0.29) is 11.4 Å². The number of hydrogen-bond acceptors (Lipinski definition) is 7. The van der Waals surface area contributed by atoms with Crippen LogP contribution >= 0.6 is 0 Å². The first-order valence-corrected chi connectivity index (χ1v) is 13.3. The molecule has 0 aliphatic carbocycles.